The molecule has 0 saturated heterocycles. The van der Waals surface area contributed by atoms with Crippen LogP contribution in [0.25, 0.3) is 10.8 Å². The number of carbonyl (C=O) groups is 2. The Morgan fingerprint density at radius 2 is 1.63 bits per heavy atom. The van der Waals surface area contributed by atoms with Crippen molar-refractivity contribution in [2.45, 2.75) is 32.1 Å². The number of carbonyl (C=O) groups excluding carboxylic acids is 2. The molecule has 3 aromatic carbocycles. The van der Waals surface area contributed by atoms with Gasteiger partial charge < -0.3 is 19.5 Å². The molecule has 6 nitrogen and oxygen atoms in total. The molecule has 0 saturated carbocycles. The zero-order valence-electron chi connectivity index (χ0n) is 16.8. The van der Waals surface area contributed by atoms with Gasteiger partial charge in [0.15, 0.2) is 18.1 Å². The van der Waals surface area contributed by atoms with Crippen LogP contribution in [-0.4, -0.2) is 30.7 Å². The molecule has 4 rings (SSSR count). The lowest BCUT2D eigenvalue weighted by molar-refractivity contribution is -0.160. The van der Waals surface area contributed by atoms with Crippen LogP contribution in [-0.2, 0) is 14.3 Å². The van der Waals surface area contributed by atoms with Gasteiger partial charge in [0.1, 0.15) is 6.10 Å². The Labute approximate surface area is 174 Å². The number of esters is 1. The van der Waals surface area contributed by atoms with Crippen LogP contribution in [0.3, 0.4) is 0 Å². The highest BCUT2D eigenvalue weighted by Gasteiger charge is 2.35. The third kappa shape index (κ3) is 4.08. The molecule has 3 aromatic rings. The van der Waals surface area contributed by atoms with Gasteiger partial charge in [0.2, 0.25) is 6.10 Å². The molecule has 6 heteroatoms. The number of nitrogens with one attached hydrogen (secondary N) is 1. The molecule has 1 aliphatic rings. The predicted molar refractivity (Wildman–Crippen MR) is 112 cm³/mol. The van der Waals surface area contributed by atoms with Crippen molar-refractivity contribution in [3.8, 4) is 11.5 Å². The van der Waals surface area contributed by atoms with Crippen molar-refractivity contribution in [2.75, 3.05) is 6.61 Å². The Kier molecular flexibility index (Phi) is 5.57. The molecule has 0 spiro atoms. The minimum atomic E-state index is -0.928. The topological polar surface area (TPSA) is 73.9 Å². The summed E-state index contributed by atoms with van der Waals surface area (Å²) in [5.41, 5.74) is 1.00. The number of amides is 1. The highest BCUT2D eigenvalue weighted by atomic mass is 16.6. The fourth-order valence-corrected chi connectivity index (χ4v) is 3.59. The Morgan fingerprint density at radius 3 is 2.43 bits per heavy atom. The van der Waals surface area contributed by atoms with Gasteiger partial charge in [0.25, 0.3) is 5.91 Å². The minimum absolute atomic E-state index is 0.234. The number of hydrogen-bond donors (Lipinski definition) is 1. The Bertz CT molecular complexity index is 1070. The van der Waals surface area contributed by atoms with E-state index >= 15 is 0 Å². The number of hydrogen-bond acceptors (Lipinski definition) is 5. The van der Waals surface area contributed by atoms with Crippen molar-refractivity contribution in [1.29, 1.82) is 0 Å². The summed E-state index contributed by atoms with van der Waals surface area (Å²) in [4.78, 5) is 24.8. The SMILES string of the molecule is CC(NC(=O)COC(=O)C1Oc2ccccc2OC1C)c1cccc2ccccc12. The minimum Gasteiger partial charge on any atom is -0.482 e. The maximum atomic E-state index is 12.4. The van der Waals surface area contributed by atoms with E-state index in [1.807, 2.05) is 55.5 Å². The maximum absolute atomic E-state index is 12.4. The van der Waals surface area contributed by atoms with Gasteiger partial charge in [0.05, 0.1) is 6.04 Å². The standard InChI is InChI=1S/C24H23NO5/c1-15(18-11-7-9-17-8-3-4-10-19(17)18)25-22(26)14-28-24(27)23-16(2)29-20-12-5-6-13-21(20)30-23/h3-13,15-16,23H,14H2,1-2H3,(H,25,26). The van der Waals surface area contributed by atoms with E-state index in [9.17, 15) is 9.59 Å². The molecule has 1 N–H and O–H groups in total. The van der Waals surface area contributed by atoms with E-state index in [0.29, 0.717) is 11.5 Å². The lowest BCUT2D eigenvalue weighted by Crippen LogP contribution is -2.45. The molecular weight excluding hydrogens is 382 g/mol. The smallest absolute Gasteiger partial charge is 0.351 e. The molecule has 1 amide bonds. The summed E-state index contributed by atoms with van der Waals surface area (Å²) in [6.45, 7) is 3.24. The number of fused-ring (bicyclic) bond motifs is 2. The molecule has 3 unspecified atom stereocenters. The Balaban J connectivity index is 1.35. The van der Waals surface area contributed by atoms with E-state index in [4.69, 9.17) is 14.2 Å². The van der Waals surface area contributed by atoms with Crippen LogP contribution in [0, 0.1) is 0 Å². The molecular formula is C24H23NO5. The van der Waals surface area contributed by atoms with E-state index in [-0.39, 0.29) is 18.6 Å². The van der Waals surface area contributed by atoms with Gasteiger partial charge in [-0.15, -0.1) is 0 Å². The summed E-state index contributed by atoms with van der Waals surface area (Å²) < 4.78 is 16.6. The molecule has 0 aromatic heterocycles. The number of benzene rings is 3. The molecule has 0 fully saturated rings. The first kappa shape index (κ1) is 19.8. The fraction of sp³-hybridized carbons (Fsp3) is 0.250. The second-order valence-electron chi connectivity index (χ2n) is 7.27. The van der Waals surface area contributed by atoms with Crippen LogP contribution in [0.4, 0.5) is 0 Å². The second-order valence-corrected chi connectivity index (χ2v) is 7.27. The molecule has 0 radical (unpaired) electrons. The number of para-hydroxylation sites is 2. The van der Waals surface area contributed by atoms with Crippen molar-refractivity contribution in [2.24, 2.45) is 0 Å². The third-order valence-corrected chi connectivity index (χ3v) is 5.09. The third-order valence-electron chi connectivity index (χ3n) is 5.09. The van der Waals surface area contributed by atoms with Gasteiger partial charge in [-0.1, -0.05) is 54.6 Å². The van der Waals surface area contributed by atoms with E-state index in [0.717, 1.165) is 16.3 Å². The first-order valence-electron chi connectivity index (χ1n) is 9.89. The van der Waals surface area contributed by atoms with Gasteiger partial charge >= 0.3 is 5.97 Å². The molecule has 3 atom stereocenters. The quantitative estimate of drug-likeness (QED) is 0.654. The predicted octanol–water partition coefficient (Wildman–Crippen LogP) is 3.79. The summed E-state index contributed by atoms with van der Waals surface area (Å²) in [6, 6.07) is 20.8. The van der Waals surface area contributed by atoms with E-state index in [1.54, 1.807) is 25.1 Å². The van der Waals surface area contributed by atoms with Crippen molar-refractivity contribution in [3.63, 3.8) is 0 Å². The molecule has 0 aliphatic carbocycles. The average molecular weight is 405 g/mol. The molecule has 0 bridgehead atoms. The monoisotopic (exact) mass is 405 g/mol. The van der Waals surface area contributed by atoms with Crippen molar-refractivity contribution in [3.05, 3.63) is 72.3 Å². The largest absolute Gasteiger partial charge is 0.482 e. The molecule has 1 aliphatic heterocycles. The summed E-state index contributed by atoms with van der Waals surface area (Å²) in [7, 11) is 0. The van der Waals surface area contributed by atoms with Crippen molar-refractivity contribution in [1.82, 2.24) is 5.32 Å². The Morgan fingerprint density at radius 1 is 0.967 bits per heavy atom. The van der Waals surface area contributed by atoms with Crippen LogP contribution in [0.2, 0.25) is 0 Å². The maximum Gasteiger partial charge on any atom is 0.351 e. The van der Waals surface area contributed by atoms with E-state index in [2.05, 4.69) is 5.32 Å². The number of ether oxygens (including phenoxy) is 3. The van der Waals surface area contributed by atoms with E-state index < -0.39 is 18.2 Å². The van der Waals surface area contributed by atoms with E-state index in [1.165, 1.54) is 0 Å². The van der Waals surface area contributed by atoms with Crippen molar-refractivity contribution < 1.29 is 23.8 Å². The molecule has 1 heterocycles. The second kappa shape index (κ2) is 8.45. The van der Waals surface area contributed by atoms with Crippen LogP contribution < -0.4 is 14.8 Å². The first-order valence-corrected chi connectivity index (χ1v) is 9.89. The van der Waals surface area contributed by atoms with Gasteiger partial charge in [-0.25, -0.2) is 4.79 Å². The van der Waals surface area contributed by atoms with Crippen LogP contribution in [0.5, 0.6) is 11.5 Å². The van der Waals surface area contributed by atoms with Crippen LogP contribution in [0.1, 0.15) is 25.5 Å². The number of rotatable bonds is 5. The average Bonchev–Trinajstić information content (AvgIpc) is 2.76. The summed E-state index contributed by atoms with van der Waals surface area (Å²) in [6.07, 6.45) is -1.45. The van der Waals surface area contributed by atoms with Crippen molar-refractivity contribution >= 4 is 22.6 Å². The zero-order chi connectivity index (χ0) is 21.1. The van der Waals surface area contributed by atoms with Gasteiger partial charge in [0, 0.05) is 0 Å². The highest BCUT2D eigenvalue weighted by molar-refractivity contribution is 5.87. The fourth-order valence-electron chi connectivity index (χ4n) is 3.59. The van der Waals surface area contributed by atoms with Gasteiger partial charge in [-0.05, 0) is 42.3 Å². The Hall–Kier alpha value is -3.54. The van der Waals surface area contributed by atoms with Crippen LogP contribution in [0.15, 0.2) is 66.7 Å². The normalized spacial score (nSPS) is 18.5. The molecule has 154 valence electrons. The first-order chi connectivity index (χ1) is 14.5. The zero-order valence-corrected chi connectivity index (χ0v) is 16.8. The van der Waals surface area contributed by atoms with Gasteiger partial charge in [-0.2, -0.15) is 0 Å². The molecule has 30 heavy (non-hydrogen) atoms. The summed E-state index contributed by atoms with van der Waals surface area (Å²) >= 11 is 0. The van der Waals surface area contributed by atoms with Gasteiger partial charge in [-0.3, -0.25) is 4.79 Å². The lowest BCUT2D eigenvalue weighted by atomic mass is 10.00. The summed E-state index contributed by atoms with van der Waals surface area (Å²) in [5, 5.41) is 5.06. The summed E-state index contributed by atoms with van der Waals surface area (Å²) in [5.74, 6) is 0.0424. The van der Waals surface area contributed by atoms with Crippen LogP contribution >= 0.6 is 0 Å². The highest BCUT2D eigenvalue weighted by Crippen LogP contribution is 2.33. The lowest BCUT2D eigenvalue weighted by Gasteiger charge is -2.30.